The standard InChI is InChI=1S/C14H23N3O3S/c1-3-5-8-19-9-13-20-12(10-21-13)17-7-6-11(15-4-2)16-14(17)18/h6-7,12-13H,3-5,8-10H2,1-2H3,(H,15,16,18)/t12-,13?/m0/s1. The number of rotatable bonds is 8. The Kier molecular flexibility index (Phi) is 6.53. The van der Waals surface area contributed by atoms with Crippen molar-refractivity contribution in [2.24, 2.45) is 0 Å². The van der Waals surface area contributed by atoms with Gasteiger partial charge in [0.25, 0.3) is 0 Å². The zero-order valence-corrected chi connectivity index (χ0v) is 13.4. The average molecular weight is 313 g/mol. The van der Waals surface area contributed by atoms with Crippen LogP contribution in [0.2, 0.25) is 0 Å². The molecule has 118 valence electrons. The van der Waals surface area contributed by atoms with Gasteiger partial charge in [0.2, 0.25) is 0 Å². The molecule has 0 bridgehead atoms. The van der Waals surface area contributed by atoms with Crippen molar-refractivity contribution < 1.29 is 9.47 Å². The van der Waals surface area contributed by atoms with Crippen molar-refractivity contribution in [2.45, 2.75) is 38.4 Å². The third-order valence-corrected chi connectivity index (χ3v) is 4.22. The first-order valence-electron chi connectivity index (χ1n) is 7.42. The van der Waals surface area contributed by atoms with Gasteiger partial charge in [-0.15, -0.1) is 11.8 Å². The first-order chi connectivity index (χ1) is 10.2. The minimum absolute atomic E-state index is 0.00722. The van der Waals surface area contributed by atoms with Gasteiger partial charge in [0, 0.05) is 25.1 Å². The van der Waals surface area contributed by atoms with Crippen LogP contribution in [0.1, 0.15) is 32.9 Å². The summed E-state index contributed by atoms with van der Waals surface area (Å²) < 4.78 is 13.0. The third kappa shape index (κ3) is 4.72. The van der Waals surface area contributed by atoms with Crippen molar-refractivity contribution in [1.82, 2.24) is 9.55 Å². The lowest BCUT2D eigenvalue weighted by molar-refractivity contribution is -0.0250. The molecule has 7 heteroatoms. The van der Waals surface area contributed by atoms with Crippen molar-refractivity contribution >= 4 is 17.6 Å². The van der Waals surface area contributed by atoms with Gasteiger partial charge in [-0.3, -0.25) is 4.57 Å². The van der Waals surface area contributed by atoms with E-state index in [9.17, 15) is 4.79 Å². The number of nitrogens with zero attached hydrogens (tertiary/aromatic N) is 2. The second-order valence-corrected chi connectivity index (χ2v) is 6.01. The summed E-state index contributed by atoms with van der Waals surface area (Å²) in [5, 5.41) is 3.02. The monoisotopic (exact) mass is 313 g/mol. The second kappa shape index (κ2) is 8.41. The van der Waals surface area contributed by atoms with Gasteiger partial charge in [-0.25, -0.2) is 4.79 Å². The number of nitrogens with one attached hydrogen (secondary N) is 1. The SMILES string of the molecule is CCCCOCC1O[C@H](n2ccc(NCC)nc2=O)CS1. The van der Waals surface area contributed by atoms with Crippen molar-refractivity contribution in [3.8, 4) is 0 Å². The molecule has 1 saturated heterocycles. The van der Waals surface area contributed by atoms with E-state index in [2.05, 4.69) is 17.2 Å². The van der Waals surface area contributed by atoms with Crippen molar-refractivity contribution in [2.75, 3.05) is 30.8 Å². The van der Waals surface area contributed by atoms with E-state index in [1.165, 1.54) is 0 Å². The predicted octanol–water partition coefficient (Wildman–Crippen LogP) is 2.08. The van der Waals surface area contributed by atoms with E-state index in [-0.39, 0.29) is 17.4 Å². The molecule has 2 heterocycles. The van der Waals surface area contributed by atoms with Crippen LogP contribution in [-0.4, -0.2) is 40.5 Å². The third-order valence-electron chi connectivity index (χ3n) is 3.13. The number of aromatic nitrogens is 2. The van der Waals surface area contributed by atoms with Gasteiger partial charge < -0.3 is 14.8 Å². The number of hydrogen-bond acceptors (Lipinski definition) is 6. The molecule has 0 saturated carbocycles. The van der Waals surface area contributed by atoms with Crippen LogP contribution >= 0.6 is 11.8 Å². The molecule has 1 aliphatic rings. The van der Waals surface area contributed by atoms with Crippen molar-refractivity contribution in [3.63, 3.8) is 0 Å². The highest BCUT2D eigenvalue weighted by Gasteiger charge is 2.28. The molecule has 1 fully saturated rings. The topological polar surface area (TPSA) is 65.4 Å². The van der Waals surface area contributed by atoms with Gasteiger partial charge >= 0.3 is 5.69 Å². The molecule has 0 aromatic carbocycles. The minimum Gasteiger partial charge on any atom is -0.378 e. The first-order valence-corrected chi connectivity index (χ1v) is 8.47. The molecule has 0 radical (unpaired) electrons. The van der Waals surface area contributed by atoms with Gasteiger partial charge in [-0.05, 0) is 19.4 Å². The first kappa shape index (κ1) is 16.3. The fourth-order valence-electron chi connectivity index (χ4n) is 2.01. The van der Waals surface area contributed by atoms with E-state index in [1.807, 2.05) is 6.92 Å². The lowest BCUT2D eigenvalue weighted by Gasteiger charge is -2.15. The Hall–Kier alpha value is -1.05. The fourth-order valence-corrected chi connectivity index (χ4v) is 3.03. The highest BCUT2D eigenvalue weighted by atomic mass is 32.2. The average Bonchev–Trinajstić information content (AvgIpc) is 2.93. The molecule has 2 rings (SSSR count). The van der Waals surface area contributed by atoms with E-state index in [0.717, 1.165) is 31.7 Å². The van der Waals surface area contributed by atoms with E-state index in [4.69, 9.17) is 9.47 Å². The Morgan fingerprint density at radius 2 is 2.43 bits per heavy atom. The Labute approximate surface area is 129 Å². The molecule has 21 heavy (non-hydrogen) atoms. The molecule has 0 aliphatic carbocycles. The van der Waals surface area contributed by atoms with Gasteiger partial charge in [0.05, 0.1) is 6.61 Å². The number of ether oxygens (including phenoxy) is 2. The van der Waals surface area contributed by atoms with E-state index >= 15 is 0 Å². The van der Waals surface area contributed by atoms with Crippen LogP contribution in [0, 0.1) is 0 Å². The summed E-state index contributed by atoms with van der Waals surface area (Å²) in [7, 11) is 0. The molecule has 2 atom stereocenters. The van der Waals surface area contributed by atoms with Crippen LogP contribution in [0.3, 0.4) is 0 Å². The van der Waals surface area contributed by atoms with Crippen LogP contribution in [0.4, 0.5) is 5.82 Å². The molecular weight excluding hydrogens is 290 g/mol. The molecule has 1 aliphatic heterocycles. The highest BCUT2D eigenvalue weighted by molar-refractivity contribution is 8.00. The molecule has 1 aromatic rings. The van der Waals surface area contributed by atoms with Gasteiger partial charge in [-0.2, -0.15) is 4.98 Å². The zero-order chi connectivity index (χ0) is 15.1. The quantitative estimate of drug-likeness (QED) is 0.741. The smallest absolute Gasteiger partial charge is 0.351 e. The van der Waals surface area contributed by atoms with Gasteiger partial charge in [-0.1, -0.05) is 13.3 Å². The summed E-state index contributed by atoms with van der Waals surface area (Å²) in [5.74, 6) is 1.34. The summed E-state index contributed by atoms with van der Waals surface area (Å²) in [6, 6.07) is 1.80. The Bertz CT molecular complexity index is 495. The summed E-state index contributed by atoms with van der Waals surface area (Å²) in [4.78, 5) is 16.0. The van der Waals surface area contributed by atoms with Crippen LogP contribution in [0.15, 0.2) is 17.1 Å². The van der Waals surface area contributed by atoms with E-state index in [0.29, 0.717) is 12.4 Å². The van der Waals surface area contributed by atoms with Gasteiger partial charge in [0.1, 0.15) is 17.5 Å². The zero-order valence-electron chi connectivity index (χ0n) is 12.6. The summed E-state index contributed by atoms with van der Waals surface area (Å²) in [5.41, 5.74) is -0.293. The Morgan fingerprint density at radius 1 is 1.57 bits per heavy atom. The lowest BCUT2D eigenvalue weighted by Crippen LogP contribution is -2.29. The summed E-state index contributed by atoms with van der Waals surface area (Å²) >= 11 is 1.68. The summed E-state index contributed by atoms with van der Waals surface area (Å²) in [6.07, 6.45) is 3.67. The number of unbranched alkanes of at least 4 members (excludes halogenated alkanes) is 1. The maximum Gasteiger partial charge on any atom is 0.351 e. The molecule has 6 nitrogen and oxygen atoms in total. The maximum absolute atomic E-state index is 12.0. The Balaban J connectivity index is 1.87. The van der Waals surface area contributed by atoms with Gasteiger partial charge in [0.15, 0.2) is 0 Å². The summed E-state index contributed by atoms with van der Waals surface area (Å²) in [6.45, 7) is 6.17. The fraction of sp³-hybridized carbons (Fsp3) is 0.714. The Morgan fingerprint density at radius 3 is 3.14 bits per heavy atom. The normalized spacial score (nSPS) is 21.6. The molecule has 1 N–H and O–H groups in total. The van der Waals surface area contributed by atoms with Crippen LogP contribution in [0.5, 0.6) is 0 Å². The number of anilines is 1. The van der Waals surface area contributed by atoms with Crippen LogP contribution in [-0.2, 0) is 9.47 Å². The lowest BCUT2D eigenvalue weighted by atomic mass is 10.4. The predicted molar refractivity (Wildman–Crippen MR) is 84.8 cm³/mol. The van der Waals surface area contributed by atoms with Crippen molar-refractivity contribution in [3.05, 3.63) is 22.7 Å². The maximum atomic E-state index is 12.0. The molecule has 0 amide bonds. The van der Waals surface area contributed by atoms with Crippen LogP contribution < -0.4 is 11.0 Å². The number of hydrogen-bond donors (Lipinski definition) is 1. The molecule has 0 spiro atoms. The molecular formula is C14H23N3O3S. The van der Waals surface area contributed by atoms with E-state index < -0.39 is 0 Å². The second-order valence-electron chi connectivity index (χ2n) is 4.82. The van der Waals surface area contributed by atoms with Crippen LogP contribution in [0.25, 0.3) is 0 Å². The van der Waals surface area contributed by atoms with Crippen molar-refractivity contribution in [1.29, 1.82) is 0 Å². The van der Waals surface area contributed by atoms with E-state index in [1.54, 1.807) is 28.6 Å². The number of thioether (sulfide) groups is 1. The molecule has 1 aromatic heterocycles. The highest BCUT2D eigenvalue weighted by Crippen LogP contribution is 2.31. The minimum atomic E-state index is -0.286. The molecule has 1 unspecified atom stereocenters. The largest absolute Gasteiger partial charge is 0.378 e.